The fraction of sp³-hybridized carbons (Fsp3) is 0.273. The number of nitrogens with zero attached hydrogens (tertiary/aromatic N) is 2. The van der Waals surface area contributed by atoms with Crippen LogP contribution in [0, 0.1) is 0 Å². The standard InChI is InChI=1S/C22H23N3O3/c1-28-17-9-5-8-16(13-17)21-23-18-10-11-25(14-19(18)24-21)22(27)20(26)12-15-6-3-2-4-7-15/h2-9,13,20,26H,10-12,14H2,1H3,(H,23,24)/t20-/m0/s1. The lowest BCUT2D eigenvalue weighted by Crippen LogP contribution is -2.43. The van der Waals surface area contributed by atoms with E-state index in [4.69, 9.17) is 9.72 Å². The SMILES string of the molecule is COc1cccc(-c2nc3c([nH]2)CN(C(=O)[C@@H](O)Cc2ccccc2)CC3)c1. The number of aliphatic hydroxyl groups is 1. The number of H-pyrrole nitrogens is 1. The molecule has 0 spiro atoms. The molecule has 1 aromatic heterocycles. The van der Waals surface area contributed by atoms with Crippen molar-refractivity contribution in [2.75, 3.05) is 13.7 Å². The number of carbonyl (C=O) groups excluding carboxylic acids is 1. The number of hydrogen-bond donors (Lipinski definition) is 2. The molecule has 6 nitrogen and oxygen atoms in total. The van der Waals surface area contributed by atoms with Gasteiger partial charge in [0, 0.05) is 24.9 Å². The minimum absolute atomic E-state index is 0.243. The van der Waals surface area contributed by atoms with Gasteiger partial charge in [0.25, 0.3) is 5.91 Å². The topological polar surface area (TPSA) is 78.5 Å². The van der Waals surface area contributed by atoms with Gasteiger partial charge in [-0.05, 0) is 17.7 Å². The van der Waals surface area contributed by atoms with Crippen molar-refractivity contribution in [3.05, 3.63) is 71.5 Å². The number of benzene rings is 2. The van der Waals surface area contributed by atoms with Gasteiger partial charge in [-0.1, -0.05) is 42.5 Å². The van der Waals surface area contributed by atoms with E-state index >= 15 is 0 Å². The molecule has 0 fully saturated rings. The zero-order valence-electron chi connectivity index (χ0n) is 15.8. The van der Waals surface area contributed by atoms with Crippen LogP contribution in [0.25, 0.3) is 11.4 Å². The number of amides is 1. The van der Waals surface area contributed by atoms with Crippen LogP contribution in [0.4, 0.5) is 0 Å². The quantitative estimate of drug-likeness (QED) is 0.716. The summed E-state index contributed by atoms with van der Waals surface area (Å²) in [5, 5.41) is 10.4. The normalized spacial score (nSPS) is 14.4. The van der Waals surface area contributed by atoms with Crippen LogP contribution in [0.2, 0.25) is 0 Å². The summed E-state index contributed by atoms with van der Waals surface area (Å²) in [6, 6.07) is 17.3. The highest BCUT2D eigenvalue weighted by Crippen LogP contribution is 2.25. The number of aliphatic hydroxyl groups excluding tert-OH is 1. The molecule has 0 saturated heterocycles. The third-order valence-electron chi connectivity index (χ3n) is 5.04. The minimum atomic E-state index is -1.04. The number of carbonyl (C=O) groups is 1. The van der Waals surface area contributed by atoms with E-state index < -0.39 is 6.10 Å². The number of aromatic nitrogens is 2. The summed E-state index contributed by atoms with van der Waals surface area (Å²) in [7, 11) is 1.64. The lowest BCUT2D eigenvalue weighted by molar-refractivity contribution is -0.141. The summed E-state index contributed by atoms with van der Waals surface area (Å²) in [4.78, 5) is 22.4. The Morgan fingerprint density at radius 3 is 2.86 bits per heavy atom. The van der Waals surface area contributed by atoms with E-state index in [9.17, 15) is 9.90 Å². The Morgan fingerprint density at radius 1 is 1.25 bits per heavy atom. The summed E-state index contributed by atoms with van der Waals surface area (Å²) < 4.78 is 5.28. The van der Waals surface area contributed by atoms with E-state index in [1.54, 1.807) is 12.0 Å². The summed E-state index contributed by atoms with van der Waals surface area (Å²) in [5.74, 6) is 1.29. The van der Waals surface area contributed by atoms with Crippen molar-refractivity contribution >= 4 is 5.91 Å². The predicted molar refractivity (Wildman–Crippen MR) is 106 cm³/mol. The number of fused-ring (bicyclic) bond motifs is 1. The van der Waals surface area contributed by atoms with E-state index in [-0.39, 0.29) is 5.91 Å². The van der Waals surface area contributed by atoms with Crippen LogP contribution in [0.15, 0.2) is 54.6 Å². The van der Waals surface area contributed by atoms with Crippen molar-refractivity contribution in [3.63, 3.8) is 0 Å². The highest BCUT2D eigenvalue weighted by molar-refractivity contribution is 5.81. The van der Waals surface area contributed by atoms with Gasteiger partial charge in [0.1, 0.15) is 17.7 Å². The van der Waals surface area contributed by atoms with Gasteiger partial charge >= 0.3 is 0 Å². The molecular formula is C22H23N3O3. The zero-order chi connectivity index (χ0) is 19.5. The van der Waals surface area contributed by atoms with Gasteiger partial charge in [-0.25, -0.2) is 4.98 Å². The number of ether oxygens (including phenoxy) is 1. The lowest BCUT2D eigenvalue weighted by atomic mass is 10.1. The van der Waals surface area contributed by atoms with Crippen LogP contribution in [-0.4, -0.2) is 45.6 Å². The van der Waals surface area contributed by atoms with Gasteiger partial charge in [0.15, 0.2) is 0 Å². The molecule has 0 radical (unpaired) electrons. The van der Waals surface area contributed by atoms with Crippen LogP contribution >= 0.6 is 0 Å². The molecule has 1 aliphatic heterocycles. The first-order chi connectivity index (χ1) is 13.6. The molecule has 0 aliphatic carbocycles. The number of imidazole rings is 1. The van der Waals surface area contributed by atoms with Crippen molar-refractivity contribution in [2.24, 2.45) is 0 Å². The van der Waals surface area contributed by atoms with Gasteiger partial charge in [-0.2, -0.15) is 0 Å². The molecule has 1 atom stereocenters. The number of nitrogens with one attached hydrogen (secondary N) is 1. The first kappa shape index (κ1) is 18.3. The number of hydrogen-bond acceptors (Lipinski definition) is 4. The Hall–Kier alpha value is -3.12. The largest absolute Gasteiger partial charge is 0.497 e. The Kier molecular flexibility index (Phi) is 5.12. The van der Waals surface area contributed by atoms with Crippen LogP contribution in [0.5, 0.6) is 5.75 Å². The molecule has 2 N–H and O–H groups in total. The van der Waals surface area contributed by atoms with Crippen molar-refractivity contribution < 1.29 is 14.6 Å². The molecule has 0 bridgehead atoms. The van der Waals surface area contributed by atoms with Gasteiger partial charge in [-0.15, -0.1) is 0 Å². The van der Waals surface area contributed by atoms with Crippen molar-refractivity contribution in [1.29, 1.82) is 0 Å². The molecule has 0 unspecified atom stereocenters. The molecule has 3 aromatic rings. The summed E-state index contributed by atoms with van der Waals surface area (Å²) >= 11 is 0. The summed E-state index contributed by atoms with van der Waals surface area (Å²) in [6.45, 7) is 0.983. The highest BCUT2D eigenvalue weighted by atomic mass is 16.5. The van der Waals surface area contributed by atoms with E-state index in [0.29, 0.717) is 25.9 Å². The van der Waals surface area contributed by atoms with E-state index in [0.717, 1.165) is 34.1 Å². The maximum atomic E-state index is 12.7. The monoisotopic (exact) mass is 377 g/mol. The molecule has 1 aliphatic rings. The molecule has 4 rings (SSSR count). The fourth-order valence-electron chi connectivity index (χ4n) is 3.52. The third kappa shape index (κ3) is 3.77. The molecule has 0 saturated carbocycles. The zero-order valence-corrected chi connectivity index (χ0v) is 15.8. The van der Waals surface area contributed by atoms with Gasteiger partial charge in [0.2, 0.25) is 0 Å². The molecule has 2 heterocycles. The number of aromatic amines is 1. The van der Waals surface area contributed by atoms with Crippen LogP contribution in [-0.2, 0) is 24.2 Å². The van der Waals surface area contributed by atoms with E-state index in [2.05, 4.69) is 4.98 Å². The Labute approximate surface area is 163 Å². The maximum absolute atomic E-state index is 12.7. The molecule has 28 heavy (non-hydrogen) atoms. The minimum Gasteiger partial charge on any atom is -0.497 e. The summed E-state index contributed by atoms with van der Waals surface area (Å²) in [6.07, 6.45) is -0.0505. The fourth-order valence-corrected chi connectivity index (χ4v) is 3.52. The third-order valence-corrected chi connectivity index (χ3v) is 5.04. The smallest absolute Gasteiger partial charge is 0.252 e. The van der Waals surface area contributed by atoms with Crippen molar-refractivity contribution in [2.45, 2.75) is 25.5 Å². The van der Waals surface area contributed by atoms with Crippen LogP contribution in [0.1, 0.15) is 17.0 Å². The average molecular weight is 377 g/mol. The number of rotatable bonds is 5. The molecule has 1 amide bonds. The van der Waals surface area contributed by atoms with Crippen LogP contribution < -0.4 is 4.74 Å². The second-order valence-corrected chi connectivity index (χ2v) is 6.96. The molecular weight excluding hydrogens is 354 g/mol. The van der Waals surface area contributed by atoms with Gasteiger partial charge in [-0.3, -0.25) is 4.79 Å². The van der Waals surface area contributed by atoms with Crippen LogP contribution in [0.3, 0.4) is 0 Å². The predicted octanol–water partition coefficient (Wildman–Crippen LogP) is 2.57. The van der Waals surface area contributed by atoms with Gasteiger partial charge in [0.05, 0.1) is 25.0 Å². The number of methoxy groups -OCH3 is 1. The summed E-state index contributed by atoms with van der Waals surface area (Å²) in [5.41, 5.74) is 3.78. The van der Waals surface area contributed by atoms with Gasteiger partial charge < -0.3 is 19.7 Å². The van der Waals surface area contributed by atoms with E-state index in [1.807, 2.05) is 54.6 Å². The Morgan fingerprint density at radius 2 is 2.07 bits per heavy atom. The molecule has 6 heteroatoms. The molecule has 2 aromatic carbocycles. The first-order valence-electron chi connectivity index (χ1n) is 9.37. The Balaban J connectivity index is 1.47. The second-order valence-electron chi connectivity index (χ2n) is 6.96. The average Bonchev–Trinajstić information content (AvgIpc) is 3.17. The highest BCUT2D eigenvalue weighted by Gasteiger charge is 2.28. The first-order valence-corrected chi connectivity index (χ1v) is 9.37. The second kappa shape index (κ2) is 7.86. The lowest BCUT2D eigenvalue weighted by Gasteiger charge is -2.28. The maximum Gasteiger partial charge on any atom is 0.252 e. The molecule has 144 valence electrons. The van der Waals surface area contributed by atoms with Crippen molar-refractivity contribution in [1.82, 2.24) is 14.9 Å². The van der Waals surface area contributed by atoms with E-state index in [1.165, 1.54) is 0 Å². The Bertz CT molecular complexity index is 968. The van der Waals surface area contributed by atoms with Crippen molar-refractivity contribution in [3.8, 4) is 17.1 Å².